The summed E-state index contributed by atoms with van der Waals surface area (Å²) in [6, 6.07) is 3.39. The summed E-state index contributed by atoms with van der Waals surface area (Å²) in [7, 11) is 0. The van der Waals surface area contributed by atoms with Crippen LogP contribution in [0.15, 0.2) is 12.1 Å². The van der Waals surface area contributed by atoms with Gasteiger partial charge in [0, 0.05) is 17.3 Å². The molecule has 2 fully saturated rings. The van der Waals surface area contributed by atoms with E-state index >= 15 is 0 Å². The molecule has 7 heteroatoms. The minimum Gasteiger partial charge on any atom is -0.351 e. The van der Waals surface area contributed by atoms with Crippen LogP contribution in [-0.4, -0.2) is 29.9 Å². The molecular weight excluding hydrogens is 326 g/mol. The van der Waals surface area contributed by atoms with Crippen LogP contribution in [0, 0.1) is 5.92 Å². The highest BCUT2D eigenvalue weighted by Gasteiger charge is 2.54. The molecule has 1 spiro atoms. The first kappa shape index (κ1) is 17.0. The Morgan fingerprint density at radius 2 is 2.12 bits per heavy atom. The summed E-state index contributed by atoms with van der Waals surface area (Å²) < 4.78 is 0. The van der Waals surface area contributed by atoms with Crippen molar-refractivity contribution in [2.45, 2.75) is 51.0 Å². The monoisotopic (exact) mass is 349 g/mol. The van der Waals surface area contributed by atoms with Gasteiger partial charge in [-0.25, -0.2) is 4.79 Å². The van der Waals surface area contributed by atoms with E-state index in [4.69, 9.17) is 0 Å². The number of amides is 4. The fourth-order valence-corrected chi connectivity index (χ4v) is 4.47. The summed E-state index contributed by atoms with van der Waals surface area (Å²) >= 11 is 1.49. The minimum absolute atomic E-state index is 0.0188. The second-order valence-electron chi connectivity index (χ2n) is 7.59. The number of carbonyl (C=O) groups is 3. The van der Waals surface area contributed by atoms with Crippen molar-refractivity contribution < 1.29 is 14.4 Å². The van der Waals surface area contributed by atoms with Gasteiger partial charge in [-0.1, -0.05) is 27.2 Å². The lowest BCUT2D eigenvalue weighted by atomic mass is 9.87. The average Bonchev–Trinajstić information content (AvgIpc) is 3.17. The van der Waals surface area contributed by atoms with E-state index in [1.54, 1.807) is 0 Å². The summed E-state index contributed by atoms with van der Waals surface area (Å²) in [6.45, 7) is 6.73. The van der Waals surface area contributed by atoms with Crippen molar-refractivity contribution in [1.82, 2.24) is 16.0 Å². The third-order valence-corrected chi connectivity index (χ3v) is 6.38. The van der Waals surface area contributed by atoms with E-state index in [0.717, 1.165) is 17.7 Å². The van der Waals surface area contributed by atoms with Gasteiger partial charge < -0.3 is 10.6 Å². The van der Waals surface area contributed by atoms with E-state index < -0.39 is 11.6 Å². The van der Waals surface area contributed by atoms with Gasteiger partial charge in [0.05, 0.1) is 4.88 Å². The molecule has 2 atom stereocenters. The maximum absolute atomic E-state index is 12.4. The van der Waals surface area contributed by atoms with Crippen LogP contribution in [-0.2, 0) is 10.2 Å². The molecular formula is C17H23N3O3S. The Balaban J connectivity index is 1.65. The lowest BCUT2D eigenvalue weighted by molar-refractivity contribution is -0.125. The van der Waals surface area contributed by atoms with Gasteiger partial charge in [-0.05, 0) is 30.4 Å². The van der Waals surface area contributed by atoms with Crippen molar-refractivity contribution in [1.29, 1.82) is 0 Å². The molecule has 1 aromatic rings. The van der Waals surface area contributed by atoms with Crippen molar-refractivity contribution in [3.8, 4) is 0 Å². The molecule has 1 saturated heterocycles. The third-order valence-electron chi connectivity index (χ3n) is 4.87. The van der Waals surface area contributed by atoms with E-state index in [0.29, 0.717) is 17.8 Å². The molecule has 1 aliphatic heterocycles. The molecule has 1 saturated carbocycles. The molecule has 1 aromatic heterocycles. The highest BCUT2D eigenvalue weighted by molar-refractivity contribution is 7.14. The van der Waals surface area contributed by atoms with Crippen molar-refractivity contribution in [3.05, 3.63) is 21.9 Å². The van der Waals surface area contributed by atoms with Crippen molar-refractivity contribution in [2.75, 3.05) is 6.54 Å². The number of rotatable bonds is 3. The molecule has 4 amide bonds. The lowest BCUT2D eigenvalue weighted by Gasteiger charge is -2.28. The SMILES string of the molecule is CC(C)(C)c1ccc(C(=O)NCC2CCCC23NC(=O)NC3=O)s1. The Morgan fingerprint density at radius 3 is 2.71 bits per heavy atom. The molecule has 3 N–H and O–H groups in total. The molecule has 0 aromatic carbocycles. The summed E-state index contributed by atoms with van der Waals surface area (Å²) in [4.78, 5) is 37.9. The quantitative estimate of drug-likeness (QED) is 0.731. The Morgan fingerprint density at radius 1 is 1.38 bits per heavy atom. The number of carbonyl (C=O) groups excluding carboxylic acids is 3. The number of nitrogens with one attached hydrogen (secondary N) is 3. The Bertz CT molecular complexity index is 691. The van der Waals surface area contributed by atoms with E-state index in [9.17, 15) is 14.4 Å². The van der Waals surface area contributed by atoms with Crippen LogP contribution in [0.25, 0.3) is 0 Å². The first-order chi connectivity index (χ1) is 11.2. The summed E-state index contributed by atoms with van der Waals surface area (Å²) in [5.41, 5.74) is -0.832. The summed E-state index contributed by atoms with van der Waals surface area (Å²) in [5, 5.41) is 8.02. The van der Waals surface area contributed by atoms with Crippen LogP contribution in [0.2, 0.25) is 0 Å². The van der Waals surface area contributed by atoms with Crippen LogP contribution in [0.3, 0.4) is 0 Å². The van der Waals surface area contributed by atoms with Gasteiger partial charge in [-0.2, -0.15) is 0 Å². The number of urea groups is 1. The van der Waals surface area contributed by atoms with Crippen LogP contribution in [0.5, 0.6) is 0 Å². The summed E-state index contributed by atoms with van der Waals surface area (Å²) in [6.07, 6.45) is 2.30. The Hall–Kier alpha value is -1.89. The van der Waals surface area contributed by atoms with Gasteiger partial charge in [-0.3, -0.25) is 14.9 Å². The number of hydrogen-bond donors (Lipinski definition) is 3. The normalized spacial score (nSPS) is 26.5. The largest absolute Gasteiger partial charge is 0.351 e. The van der Waals surface area contributed by atoms with Gasteiger partial charge in [0.1, 0.15) is 5.54 Å². The minimum atomic E-state index is -0.851. The smallest absolute Gasteiger partial charge is 0.322 e. The standard InChI is InChI=1S/C17H23N3O3S/c1-16(2,3)12-7-6-11(24-12)13(21)18-9-10-5-4-8-17(10)14(22)19-15(23)20-17/h6-7,10H,4-5,8-9H2,1-3H3,(H,18,21)(H2,19,20,22,23). The van der Waals surface area contributed by atoms with Gasteiger partial charge in [0.15, 0.2) is 0 Å². The molecule has 3 rings (SSSR count). The van der Waals surface area contributed by atoms with Crippen LogP contribution in [0.1, 0.15) is 54.6 Å². The zero-order valence-electron chi connectivity index (χ0n) is 14.2. The Labute approximate surface area is 145 Å². The zero-order valence-corrected chi connectivity index (χ0v) is 15.0. The molecule has 6 nitrogen and oxygen atoms in total. The number of hydrogen-bond acceptors (Lipinski definition) is 4. The van der Waals surface area contributed by atoms with E-state index in [1.807, 2.05) is 12.1 Å². The third kappa shape index (κ3) is 2.92. The van der Waals surface area contributed by atoms with Crippen molar-refractivity contribution >= 4 is 29.2 Å². The van der Waals surface area contributed by atoms with Crippen LogP contribution < -0.4 is 16.0 Å². The van der Waals surface area contributed by atoms with Gasteiger partial charge >= 0.3 is 6.03 Å². The highest BCUT2D eigenvalue weighted by atomic mass is 32.1. The lowest BCUT2D eigenvalue weighted by Crippen LogP contribution is -2.53. The fourth-order valence-electron chi connectivity index (χ4n) is 3.49. The zero-order chi connectivity index (χ0) is 17.5. The van der Waals surface area contributed by atoms with Gasteiger partial charge in [0.2, 0.25) is 0 Å². The number of thiophene rings is 1. The fraction of sp³-hybridized carbons (Fsp3) is 0.588. The maximum atomic E-state index is 12.4. The second-order valence-corrected chi connectivity index (χ2v) is 8.68. The molecule has 0 bridgehead atoms. The van der Waals surface area contributed by atoms with E-state index in [-0.39, 0.29) is 23.1 Å². The van der Waals surface area contributed by atoms with Crippen molar-refractivity contribution in [3.63, 3.8) is 0 Å². The van der Waals surface area contributed by atoms with Crippen LogP contribution >= 0.6 is 11.3 Å². The van der Waals surface area contributed by atoms with E-state index in [1.165, 1.54) is 11.3 Å². The van der Waals surface area contributed by atoms with E-state index in [2.05, 4.69) is 36.7 Å². The second kappa shape index (κ2) is 5.88. The predicted octanol–water partition coefficient (Wildman–Crippen LogP) is 2.15. The molecule has 2 heterocycles. The molecule has 24 heavy (non-hydrogen) atoms. The first-order valence-electron chi connectivity index (χ1n) is 8.24. The number of imide groups is 1. The molecule has 2 aliphatic rings. The average molecular weight is 349 g/mol. The first-order valence-corrected chi connectivity index (χ1v) is 9.06. The topological polar surface area (TPSA) is 87.3 Å². The molecule has 0 radical (unpaired) electrons. The van der Waals surface area contributed by atoms with Crippen LogP contribution in [0.4, 0.5) is 4.79 Å². The molecule has 130 valence electrons. The maximum Gasteiger partial charge on any atom is 0.322 e. The molecule has 2 unspecified atom stereocenters. The highest BCUT2D eigenvalue weighted by Crippen LogP contribution is 2.37. The summed E-state index contributed by atoms with van der Waals surface area (Å²) in [5.74, 6) is -0.465. The predicted molar refractivity (Wildman–Crippen MR) is 92.1 cm³/mol. The van der Waals surface area contributed by atoms with Gasteiger partial charge in [0.25, 0.3) is 11.8 Å². The van der Waals surface area contributed by atoms with Crippen molar-refractivity contribution in [2.24, 2.45) is 5.92 Å². The molecule has 1 aliphatic carbocycles. The Kier molecular flexibility index (Phi) is 4.15. The van der Waals surface area contributed by atoms with Gasteiger partial charge in [-0.15, -0.1) is 11.3 Å².